The molecular weight excluding hydrogens is 234 g/mol. The van der Waals surface area contributed by atoms with Crippen molar-refractivity contribution >= 4 is 0 Å². The Balaban J connectivity index is 1.81. The zero-order valence-electron chi connectivity index (χ0n) is 9.86. The highest BCUT2D eigenvalue weighted by molar-refractivity contribution is 5.39. The minimum Gasteiger partial charge on any atom is -0.387 e. The average Bonchev–Trinajstić information content (AvgIpc) is 2.58. The van der Waals surface area contributed by atoms with Crippen molar-refractivity contribution in [2.45, 2.75) is 43.5 Å². The summed E-state index contributed by atoms with van der Waals surface area (Å²) >= 11 is 0. The van der Waals surface area contributed by atoms with Gasteiger partial charge in [-0.15, -0.1) is 0 Å². The molecule has 1 aromatic rings. The van der Waals surface area contributed by atoms with Crippen LogP contribution < -0.4 is 5.73 Å². The van der Waals surface area contributed by atoms with Crippen molar-refractivity contribution in [2.24, 2.45) is 5.73 Å². The van der Waals surface area contributed by atoms with Crippen LogP contribution in [0, 0.1) is 0 Å². The van der Waals surface area contributed by atoms with E-state index in [0.717, 1.165) is 12.8 Å². The monoisotopic (exact) mass is 251 g/mol. The predicted molar refractivity (Wildman–Crippen MR) is 63.7 cm³/mol. The molecule has 0 bridgehead atoms. The molecule has 1 heterocycles. The number of hydrogen-bond donors (Lipinski definition) is 4. The van der Waals surface area contributed by atoms with Crippen molar-refractivity contribution in [1.82, 2.24) is 0 Å². The van der Waals surface area contributed by atoms with Crippen LogP contribution in [0.5, 0.6) is 0 Å². The number of aliphatic hydroxyl groups excluding tert-OH is 3. The standard InChI is InChI=1S/C13H17NO4/c14-13-11(17)10(16)12(18-13)9(15)8-4-2-6-1-3-7(6)5-8/h2,4-5,9-13,15-17H,1,3,14H2/t9-,10+,11-,12-,13-/m1/s1. The highest BCUT2D eigenvalue weighted by atomic mass is 16.6. The molecule has 0 saturated carbocycles. The maximum absolute atomic E-state index is 10.2. The molecule has 0 radical (unpaired) electrons. The molecule has 0 unspecified atom stereocenters. The summed E-state index contributed by atoms with van der Waals surface area (Å²) in [5.74, 6) is 0. The molecule has 5 atom stereocenters. The Kier molecular flexibility index (Phi) is 2.88. The summed E-state index contributed by atoms with van der Waals surface area (Å²) in [6.07, 6.45) is -3.03. The smallest absolute Gasteiger partial charge is 0.135 e. The van der Waals surface area contributed by atoms with Gasteiger partial charge in [-0.1, -0.05) is 18.2 Å². The highest BCUT2D eigenvalue weighted by Crippen LogP contribution is 2.32. The van der Waals surface area contributed by atoms with Gasteiger partial charge < -0.3 is 25.8 Å². The van der Waals surface area contributed by atoms with Crippen LogP contribution in [0.3, 0.4) is 0 Å². The van der Waals surface area contributed by atoms with E-state index < -0.39 is 30.6 Å². The molecule has 0 aromatic heterocycles. The first-order chi connectivity index (χ1) is 8.58. The Labute approximate surface area is 105 Å². The number of nitrogens with two attached hydrogens (primary N) is 1. The molecule has 18 heavy (non-hydrogen) atoms. The number of benzene rings is 1. The van der Waals surface area contributed by atoms with Crippen molar-refractivity contribution < 1.29 is 20.1 Å². The average molecular weight is 251 g/mol. The molecule has 1 saturated heterocycles. The Morgan fingerprint density at radius 3 is 2.39 bits per heavy atom. The van der Waals surface area contributed by atoms with E-state index in [1.807, 2.05) is 18.2 Å². The van der Waals surface area contributed by atoms with Gasteiger partial charge in [-0.25, -0.2) is 0 Å². The number of aryl methyl sites for hydroxylation is 2. The summed E-state index contributed by atoms with van der Waals surface area (Å²) in [6.45, 7) is 0. The minimum absolute atomic E-state index is 0.693. The Hall–Kier alpha value is -0.980. The quantitative estimate of drug-likeness (QED) is 0.553. The van der Waals surface area contributed by atoms with Crippen LogP contribution in [-0.4, -0.2) is 39.9 Å². The van der Waals surface area contributed by atoms with Crippen LogP contribution in [0.2, 0.25) is 0 Å². The maximum atomic E-state index is 10.2. The third-order valence-corrected chi connectivity index (χ3v) is 3.88. The fourth-order valence-electron chi connectivity index (χ4n) is 2.58. The molecule has 5 nitrogen and oxygen atoms in total. The predicted octanol–water partition coefficient (Wildman–Crippen LogP) is -0.776. The van der Waals surface area contributed by atoms with Crippen LogP contribution in [-0.2, 0) is 17.6 Å². The van der Waals surface area contributed by atoms with Gasteiger partial charge in [0.15, 0.2) is 0 Å². The van der Waals surface area contributed by atoms with Crippen LogP contribution in [0.4, 0.5) is 0 Å². The maximum Gasteiger partial charge on any atom is 0.135 e. The number of fused-ring (bicyclic) bond motifs is 1. The second kappa shape index (κ2) is 4.29. The molecule has 1 aromatic carbocycles. The highest BCUT2D eigenvalue weighted by Gasteiger charge is 2.44. The first kappa shape index (κ1) is 12.1. The molecule has 2 aliphatic rings. The summed E-state index contributed by atoms with van der Waals surface area (Å²) in [7, 11) is 0. The molecule has 1 aliphatic heterocycles. The van der Waals surface area contributed by atoms with Gasteiger partial charge in [0.05, 0.1) is 0 Å². The number of rotatable bonds is 2. The van der Waals surface area contributed by atoms with E-state index in [9.17, 15) is 15.3 Å². The lowest BCUT2D eigenvalue weighted by Crippen LogP contribution is -2.37. The minimum atomic E-state index is -1.17. The number of hydrogen-bond acceptors (Lipinski definition) is 5. The molecule has 98 valence electrons. The second-order valence-corrected chi connectivity index (χ2v) is 5.02. The molecule has 0 amide bonds. The van der Waals surface area contributed by atoms with Crippen molar-refractivity contribution in [3.63, 3.8) is 0 Å². The molecule has 1 aliphatic carbocycles. The molecule has 0 spiro atoms. The summed E-state index contributed by atoms with van der Waals surface area (Å²) in [4.78, 5) is 0. The van der Waals surface area contributed by atoms with Crippen LogP contribution >= 0.6 is 0 Å². The van der Waals surface area contributed by atoms with Crippen LogP contribution in [0.25, 0.3) is 0 Å². The normalized spacial score (nSPS) is 36.0. The number of ether oxygens (including phenoxy) is 1. The fourth-order valence-corrected chi connectivity index (χ4v) is 2.58. The molecule has 3 rings (SSSR count). The van der Waals surface area contributed by atoms with E-state index in [-0.39, 0.29) is 0 Å². The zero-order valence-corrected chi connectivity index (χ0v) is 9.86. The summed E-state index contributed by atoms with van der Waals surface area (Å²) in [5, 5.41) is 29.5. The van der Waals surface area contributed by atoms with E-state index in [1.54, 1.807) is 0 Å². The Morgan fingerprint density at radius 1 is 1.17 bits per heavy atom. The largest absolute Gasteiger partial charge is 0.387 e. The lowest BCUT2D eigenvalue weighted by Gasteiger charge is -2.25. The van der Waals surface area contributed by atoms with Crippen molar-refractivity contribution in [2.75, 3.05) is 0 Å². The summed E-state index contributed by atoms with van der Waals surface area (Å²) in [6, 6.07) is 5.74. The van der Waals surface area contributed by atoms with Gasteiger partial charge in [0.2, 0.25) is 0 Å². The van der Waals surface area contributed by atoms with Crippen LogP contribution in [0.15, 0.2) is 18.2 Å². The van der Waals surface area contributed by atoms with Gasteiger partial charge in [-0.05, 0) is 29.5 Å². The third kappa shape index (κ3) is 1.75. The van der Waals surface area contributed by atoms with E-state index in [1.165, 1.54) is 11.1 Å². The lowest BCUT2D eigenvalue weighted by atomic mass is 9.85. The van der Waals surface area contributed by atoms with E-state index in [4.69, 9.17) is 10.5 Å². The first-order valence-corrected chi connectivity index (χ1v) is 6.15. The lowest BCUT2D eigenvalue weighted by molar-refractivity contribution is -0.0656. The molecule has 5 N–H and O–H groups in total. The van der Waals surface area contributed by atoms with Gasteiger partial charge in [0.1, 0.15) is 30.6 Å². The van der Waals surface area contributed by atoms with Gasteiger partial charge >= 0.3 is 0 Å². The van der Waals surface area contributed by atoms with Crippen molar-refractivity contribution in [1.29, 1.82) is 0 Å². The second-order valence-electron chi connectivity index (χ2n) is 5.02. The number of aliphatic hydroxyl groups is 3. The fraction of sp³-hybridized carbons (Fsp3) is 0.538. The Bertz CT molecular complexity index is 464. The van der Waals surface area contributed by atoms with Gasteiger partial charge in [0.25, 0.3) is 0 Å². The molecular formula is C13H17NO4. The van der Waals surface area contributed by atoms with Crippen molar-refractivity contribution in [3.8, 4) is 0 Å². The van der Waals surface area contributed by atoms with Gasteiger partial charge in [0, 0.05) is 0 Å². The van der Waals surface area contributed by atoms with Gasteiger partial charge in [-0.2, -0.15) is 0 Å². The van der Waals surface area contributed by atoms with Crippen molar-refractivity contribution in [3.05, 3.63) is 34.9 Å². The summed E-state index contributed by atoms with van der Waals surface area (Å²) in [5.41, 5.74) is 8.72. The first-order valence-electron chi connectivity index (χ1n) is 6.15. The SMILES string of the molecule is N[C@@H]1O[C@H]([C@H](O)c2ccc3c(c2)CC3)[C@@H](O)[C@H]1O. The van der Waals surface area contributed by atoms with E-state index in [2.05, 4.69) is 0 Å². The summed E-state index contributed by atoms with van der Waals surface area (Å²) < 4.78 is 5.22. The molecule has 1 fully saturated rings. The molecule has 5 heteroatoms. The third-order valence-electron chi connectivity index (χ3n) is 3.88. The van der Waals surface area contributed by atoms with Gasteiger partial charge in [-0.3, -0.25) is 0 Å². The Morgan fingerprint density at radius 2 is 1.89 bits per heavy atom. The topological polar surface area (TPSA) is 95.9 Å². The van der Waals surface area contributed by atoms with E-state index in [0.29, 0.717) is 5.56 Å². The van der Waals surface area contributed by atoms with E-state index >= 15 is 0 Å². The van der Waals surface area contributed by atoms with Crippen LogP contribution in [0.1, 0.15) is 22.8 Å². The zero-order chi connectivity index (χ0) is 12.9.